The Labute approximate surface area is 127 Å². The van der Waals surface area contributed by atoms with E-state index >= 15 is 0 Å². The lowest BCUT2D eigenvalue weighted by atomic mass is 9.86. The molecular formula is C16H17N3O3. The highest BCUT2D eigenvalue weighted by atomic mass is 16.5. The molecule has 6 nitrogen and oxygen atoms in total. The first-order valence-electron chi connectivity index (χ1n) is 7.45. The summed E-state index contributed by atoms with van der Waals surface area (Å²) in [6.45, 7) is 1.49. The van der Waals surface area contributed by atoms with E-state index < -0.39 is 5.91 Å². The summed E-state index contributed by atoms with van der Waals surface area (Å²) in [6, 6.07) is 3.71. The summed E-state index contributed by atoms with van der Waals surface area (Å²) in [7, 11) is 0. The van der Waals surface area contributed by atoms with E-state index in [4.69, 9.17) is 15.2 Å². The van der Waals surface area contributed by atoms with Gasteiger partial charge in [0.15, 0.2) is 0 Å². The number of amides is 1. The van der Waals surface area contributed by atoms with Gasteiger partial charge in [0, 0.05) is 36.5 Å². The van der Waals surface area contributed by atoms with Crippen LogP contribution in [0.2, 0.25) is 0 Å². The Balaban J connectivity index is 1.82. The zero-order valence-electron chi connectivity index (χ0n) is 12.0. The summed E-state index contributed by atoms with van der Waals surface area (Å²) < 4.78 is 11.6. The quantitative estimate of drug-likeness (QED) is 0.888. The van der Waals surface area contributed by atoms with Crippen LogP contribution in [0, 0.1) is 5.92 Å². The van der Waals surface area contributed by atoms with Gasteiger partial charge in [-0.3, -0.25) is 9.78 Å². The number of nitrogens with zero attached hydrogens (tertiary/aromatic N) is 1. The highest BCUT2D eigenvalue weighted by Gasteiger charge is 2.35. The first kappa shape index (κ1) is 13.3. The van der Waals surface area contributed by atoms with Crippen molar-refractivity contribution in [3.8, 4) is 17.0 Å². The Kier molecular flexibility index (Phi) is 3.11. The molecule has 0 spiro atoms. The predicted molar refractivity (Wildman–Crippen MR) is 79.5 cm³/mol. The largest absolute Gasteiger partial charge is 0.483 e. The van der Waals surface area contributed by atoms with E-state index in [1.165, 1.54) is 0 Å². The van der Waals surface area contributed by atoms with Gasteiger partial charge in [0.1, 0.15) is 17.5 Å². The third-order valence-electron chi connectivity index (χ3n) is 4.42. The molecule has 1 saturated heterocycles. The number of carbonyl (C=O) groups excluding carboxylic acids is 1. The van der Waals surface area contributed by atoms with Gasteiger partial charge in [-0.15, -0.1) is 0 Å². The molecule has 1 fully saturated rings. The zero-order valence-corrected chi connectivity index (χ0v) is 12.0. The molecule has 0 saturated carbocycles. The smallest absolute Gasteiger partial charge is 0.265 e. The molecule has 2 aromatic heterocycles. The van der Waals surface area contributed by atoms with Crippen molar-refractivity contribution in [2.45, 2.75) is 18.9 Å². The molecule has 0 aliphatic carbocycles. The number of fused-ring (bicyclic) bond motifs is 3. The molecular weight excluding hydrogens is 282 g/mol. The Morgan fingerprint density at radius 2 is 2.18 bits per heavy atom. The van der Waals surface area contributed by atoms with Crippen LogP contribution < -0.4 is 10.5 Å². The number of aromatic amines is 1. The van der Waals surface area contributed by atoms with Crippen LogP contribution in [0.5, 0.6) is 5.75 Å². The number of primary amides is 1. The number of nitrogens with one attached hydrogen (secondary N) is 1. The van der Waals surface area contributed by atoms with Crippen molar-refractivity contribution in [3.05, 3.63) is 35.8 Å². The zero-order chi connectivity index (χ0) is 15.1. The summed E-state index contributed by atoms with van der Waals surface area (Å²) >= 11 is 0. The first-order chi connectivity index (χ1) is 10.7. The Bertz CT molecular complexity index is 719. The number of aromatic nitrogens is 2. The molecule has 0 aromatic carbocycles. The maximum Gasteiger partial charge on any atom is 0.265 e. The Morgan fingerprint density at radius 3 is 2.95 bits per heavy atom. The summed E-state index contributed by atoms with van der Waals surface area (Å²) in [5, 5.41) is 0. The minimum Gasteiger partial charge on any atom is -0.483 e. The maximum absolute atomic E-state index is 11.5. The molecule has 1 atom stereocenters. The summed E-state index contributed by atoms with van der Waals surface area (Å²) in [6.07, 6.45) is 5.22. The second kappa shape index (κ2) is 5.14. The molecule has 0 radical (unpaired) electrons. The Morgan fingerprint density at radius 1 is 1.36 bits per heavy atom. The van der Waals surface area contributed by atoms with Crippen LogP contribution in [-0.2, 0) is 4.74 Å². The molecule has 4 heterocycles. The lowest BCUT2D eigenvalue weighted by Crippen LogP contribution is -2.27. The number of hydrogen-bond donors (Lipinski definition) is 2. The van der Waals surface area contributed by atoms with Gasteiger partial charge in [-0.1, -0.05) is 0 Å². The van der Waals surface area contributed by atoms with Crippen LogP contribution in [0.3, 0.4) is 0 Å². The molecule has 0 bridgehead atoms. The van der Waals surface area contributed by atoms with E-state index in [1.54, 1.807) is 12.4 Å². The van der Waals surface area contributed by atoms with Gasteiger partial charge in [-0.2, -0.15) is 0 Å². The molecule has 0 unspecified atom stereocenters. The minimum atomic E-state index is -0.462. The van der Waals surface area contributed by atoms with E-state index in [1.807, 2.05) is 12.1 Å². The molecule has 4 rings (SSSR count). The molecule has 3 N–H and O–H groups in total. The second-order valence-corrected chi connectivity index (χ2v) is 5.74. The molecule has 2 aliphatic heterocycles. The van der Waals surface area contributed by atoms with Gasteiger partial charge >= 0.3 is 0 Å². The lowest BCUT2D eigenvalue weighted by Gasteiger charge is -2.34. The van der Waals surface area contributed by atoms with Gasteiger partial charge in [0.25, 0.3) is 5.91 Å². The van der Waals surface area contributed by atoms with Gasteiger partial charge in [-0.05, 0) is 25.0 Å². The number of rotatable bonds is 2. The monoisotopic (exact) mass is 299 g/mol. The van der Waals surface area contributed by atoms with Gasteiger partial charge in [0.2, 0.25) is 0 Å². The van der Waals surface area contributed by atoms with Crippen LogP contribution in [0.1, 0.15) is 35.0 Å². The van der Waals surface area contributed by atoms with Crippen molar-refractivity contribution in [1.82, 2.24) is 9.97 Å². The Hall–Kier alpha value is -2.34. The highest BCUT2D eigenvalue weighted by molar-refractivity contribution is 5.93. The van der Waals surface area contributed by atoms with E-state index in [0.717, 1.165) is 48.6 Å². The van der Waals surface area contributed by atoms with Gasteiger partial charge in [-0.25, -0.2) is 0 Å². The van der Waals surface area contributed by atoms with Crippen molar-refractivity contribution in [3.63, 3.8) is 0 Å². The summed E-state index contributed by atoms with van der Waals surface area (Å²) in [4.78, 5) is 18.8. The molecule has 2 aromatic rings. The molecule has 22 heavy (non-hydrogen) atoms. The summed E-state index contributed by atoms with van der Waals surface area (Å²) in [5.74, 6) is 0.637. The molecule has 114 valence electrons. The van der Waals surface area contributed by atoms with Crippen molar-refractivity contribution < 1.29 is 14.3 Å². The van der Waals surface area contributed by atoms with E-state index in [2.05, 4.69) is 9.97 Å². The van der Waals surface area contributed by atoms with E-state index in [-0.39, 0.29) is 6.10 Å². The third-order valence-corrected chi connectivity index (χ3v) is 4.42. The topological polar surface area (TPSA) is 90.2 Å². The standard InChI is InChI=1S/C16H17N3O3/c17-16(20)12-7-11-14(19-12)10-1-4-18-8-13(10)22-15(11)9-2-5-21-6-3-9/h1,4,7-9,15,19H,2-3,5-6H2,(H2,17,20)/t15-/m1/s1. The number of H-pyrrole nitrogens is 1. The van der Waals surface area contributed by atoms with Crippen LogP contribution >= 0.6 is 0 Å². The SMILES string of the molecule is NC(=O)c1cc2c([nH]1)-c1ccncc1O[C@@H]2C1CCOCC1. The molecule has 1 amide bonds. The highest BCUT2D eigenvalue weighted by Crippen LogP contribution is 2.46. The van der Waals surface area contributed by atoms with Gasteiger partial charge < -0.3 is 20.2 Å². The van der Waals surface area contributed by atoms with Crippen molar-refractivity contribution in [1.29, 1.82) is 0 Å². The van der Waals surface area contributed by atoms with Crippen LogP contribution in [0.15, 0.2) is 24.5 Å². The molecule has 6 heteroatoms. The maximum atomic E-state index is 11.5. The fourth-order valence-electron chi connectivity index (χ4n) is 3.30. The number of carbonyl (C=O) groups is 1. The number of nitrogens with two attached hydrogens (primary N) is 1. The number of hydrogen-bond acceptors (Lipinski definition) is 4. The normalized spacial score (nSPS) is 20.8. The van der Waals surface area contributed by atoms with Gasteiger partial charge in [0.05, 0.1) is 11.9 Å². The molecule has 2 aliphatic rings. The average molecular weight is 299 g/mol. The van der Waals surface area contributed by atoms with Crippen LogP contribution in [0.4, 0.5) is 0 Å². The second-order valence-electron chi connectivity index (χ2n) is 5.74. The number of ether oxygens (including phenoxy) is 2. The van der Waals surface area contributed by atoms with Crippen molar-refractivity contribution in [2.75, 3.05) is 13.2 Å². The van der Waals surface area contributed by atoms with Crippen LogP contribution in [-0.4, -0.2) is 29.1 Å². The summed E-state index contributed by atoms with van der Waals surface area (Å²) in [5.41, 5.74) is 8.67. The predicted octanol–water partition coefficient (Wildman–Crippen LogP) is 2.04. The third kappa shape index (κ3) is 2.07. The van der Waals surface area contributed by atoms with Crippen molar-refractivity contribution >= 4 is 5.91 Å². The lowest BCUT2D eigenvalue weighted by molar-refractivity contribution is 0.0162. The van der Waals surface area contributed by atoms with E-state index in [0.29, 0.717) is 11.6 Å². The van der Waals surface area contributed by atoms with E-state index in [9.17, 15) is 4.79 Å². The fraction of sp³-hybridized carbons (Fsp3) is 0.375. The van der Waals surface area contributed by atoms with Crippen molar-refractivity contribution in [2.24, 2.45) is 11.7 Å². The number of pyridine rings is 1. The first-order valence-corrected chi connectivity index (χ1v) is 7.45. The average Bonchev–Trinajstić information content (AvgIpc) is 3.01. The van der Waals surface area contributed by atoms with Crippen LogP contribution in [0.25, 0.3) is 11.3 Å². The minimum absolute atomic E-state index is 0.0973. The fourth-order valence-corrected chi connectivity index (χ4v) is 3.30.